The molecule has 2 rings (SSSR count). The molecule has 1 aliphatic carbocycles. The van der Waals surface area contributed by atoms with Crippen LogP contribution in [-0.2, 0) is 9.47 Å². The van der Waals surface area contributed by atoms with E-state index in [4.69, 9.17) is 9.47 Å². The van der Waals surface area contributed by atoms with Gasteiger partial charge in [-0.15, -0.1) is 24.0 Å². The van der Waals surface area contributed by atoms with Crippen molar-refractivity contribution in [3.63, 3.8) is 0 Å². The van der Waals surface area contributed by atoms with Crippen molar-refractivity contribution in [3.05, 3.63) is 0 Å². The molecule has 2 aliphatic rings. The van der Waals surface area contributed by atoms with Crippen LogP contribution in [0.1, 0.15) is 52.9 Å². The summed E-state index contributed by atoms with van der Waals surface area (Å²) >= 11 is 0. The van der Waals surface area contributed by atoms with E-state index in [1.165, 1.54) is 0 Å². The van der Waals surface area contributed by atoms with Gasteiger partial charge in [-0.3, -0.25) is 4.99 Å². The van der Waals surface area contributed by atoms with Gasteiger partial charge >= 0.3 is 0 Å². The molecule has 0 amide bonds. The molecular formula is C20H41IN4O2. The number of rotatable bonds is 8. The molecule has 0 radical (unpaired) electrons. The molecule has 1 heterocycles. The molecular weight excluding hydrogens is 455 g/mol. The molecule has 7 heteroatoms. The summed E-state index contributed by atoms with van der Waals surface area (Å²) in [5.74, 6) is 0.906. The van der Waals surface area contributed by atoms with Crippen molar-refractivity contribution in [1.29, 1.82) is 0 Å². The highest BCUT2D eigenvalue weighted by atomic mass is 127. The van der Waals surface area contributed by atoms with Crippen LogP contribution in [0.25, 0.3) is 0 Å². The van der Waals surface area contributed by atoms with Gasteiger partial charge in [0.1, 0.15) is 0 Å². The Morgan fingerprint density at radius 2 is 1.81 bits per heavy atom. The van der Waals surface area contributed by atoms with Crippen molar-refractivity contribution in [2.45, 2.75) is 70.6 Å². The van der Waals surface area contributed by atoms with Crippen LogP contribution < -0.4 is 10.6 Å². The monoisotopic (exact) mass is 496 g/mol. The normalized spacial score (nSPS) is 26.9. The van der Waals surface area contributed by atoms with Gasteiger partial charge in [0, 0.05) is 50.4 Å². The third-order valence-corrected chi connectivity index (χ3v) is 6.96. The maximum atomic E-state index is 6.00. The molecule has 27 heavy (non-hydrogen) atoms. The Morgan fingerprint density at radius 3 is 2.30 bits per heavy atom. The third kappa shape index (κ3) is 5.28. The van der Waals surface area contributed by atoms with E-state index in [9.17, 15) is 0 Å². The van der Waals surface area contributed by atoms with E-state index >= 15 is 0 Å². The third-order valence-electron chi connectivity index (χ3n) is 6.96. The van der Waals surface area contributed by atoms with E-state index in [0.717, 1.165) is 64.4 Å². The van der Waals surface area contributed by atoms with Crippen LogP contribution in [0.4, 0.5) is 0 Å². The fraction of sp³-hybridized carbons (Fsp3) is 0.950. The summed E-state index contributed by atoms with van der Waals surface area (Å²) in [7, 11) is 6.20. The molecule has 0 aromatic rings. The standard InChI is InChI=1S/C20H40N4O2.HI/c1-7-20(8-2)16(14-17(20)26-9-3)23-18(21-4)22-15-19(24(5)6)10-12-25-13-11-19;/h16-17H,7-15H2,1-6H3,(H2,21,22,23);1H. The number of guanidine groups is 1. The van der Waals surface area contributed by atoms with Crippen LogP contribution in [0.15, 0.2) is 4.99 Å². The number of aliphatic imine (C=N–C) groups is 1. The number of hydrogen-bond donors (Lipinski definition) is 2. The summed E-state index contributed by atoms with van der Waals surface area (Å²) in [5, 5.41) is 7.28. The number of ether oxygens (including phenoxy) is 2. The van der Waals surface area contributed by atoms with Gasteiger partial charge in [0.15, 0.2) is 5.96 Å². The van der Waals surface area contributed by atoms with Crippen LogP contribution >= 0.6 is 24.0 Å². The minimum absolute atomic E-state index is 0. The Morgan fingerprint density at radius 1 is 1.19 bits per heavy atom. The van der Waals surface area contributed by atoms with E-state index < -0.39 is 0 Å². The minimum Gasteiger partial charge on any atom is -0.381 e. The number of nitrogens with one attached hydrogen (secondary N) is 2. The highest BCUT2D eigenvalue weighted by Gasteiger charge is 2.53. The lowest BCUT2D eigenvalue weighted by Crippen LogP contribution is -2.66. The zero-order chi connectivity index (χ0) is 19.2. The Balaban J connectivity index is 0.00000364. The molecule has 0 spiro atoms. The zero-order valence-corrected chi connectivity index (χ0v) is 20.5. The van der Waals surface area contributed by atoms with Gasteiger partial charge in [0.05, 0.1) is 6.10 Å². The van der Waals surface area contributed by atoms with Crippen LogP contribution in [-0.4, -0.2) is 76.1 Å². The number of hydrogen-bond acceptors (Lipinski definition) is 4. The molecule has 0 bridgehead atoms. The average Bonchev–Trinajstić information content (AvgIpc) is 2.65. The maximum absolute atomic E-state index is 6.00. The Hall–Kier alpha value is -0.120. The lowest BCUT2D eigenvalue weighted by Gasteiger charge is -2.55. The van der Waals surface area contributed by atoms with Gasteiger partial charge in [-0.05, 0) is 53.1 Å². The van der Waals surface area contributed by atoms with E-state index in [1.54, 1.807) is 0 Å². The molecule has 2 unspecified atom stereocenters. The second-order valence-corrected chi connectivity index (χ2v) is 7.97. The summed E-state index contributed by atoms with van der Waals surface area (Å²) in [5.41, 5.74) is 0.349. The number of likely N-dealkylation sites (N-methyl/N-ethyl adjacent to an activating group) is 1. The molecule has 2 fully saturated rings. The van der Waals surface area contributed by atoms with Gasteiger partial charge in [-0.1, -0.05) is 13.8 Å². The molecule has 1 saturated carbocycles. The summed E-state index contributed by atoms with van der Waals surface area (Å²) < 4.78 is 11.6. The first-order chi connectivity index (χ1) is 12.5. The second-order valence-electron chi connectivity index (χ2n) is 7.97. The fourth-order valence-electron chi connectivity index (χ4n) is 4.72. The highest BCUT2D eigenvalue weighted by molar-refractivity contribution is 14.0. The lowest BCUT2D eigenvalue weighted by molar-refractivity contribution is -0.133. The number of nitrogens with zero attached hydrogens (tertiary/aromatic N) is 2. The van der Waals surface area contributed by atoms with E-state index in [1.807, 2.05) is 7.05 Å². The van der Waals surface area contributed by atoms with Gasteiger partial charge < -0.3 is 25.0 Å². The molecule has 1 aliphatic heterocycles. The van der Waals surface area contributed by atoms with Gasteiger partial charge in [0.25, 0.3) is 0 Å². The van der Waals surface area contributed by atoms with Gasteiger partial charge in [-0.25, -0.2) is 0 Å². The summed E-state index contributed by atoms with van der Waals surface area (Å²) in [6, 6.07) is 0.422. The van der Waals surface area contributed by atoms with Crippen molar-refractivity contribution >= 4 is 29.9 Å². The molecule has 1 saturated heterocycles. The van der Waals surface area contributed by atoms with E-state index in [-0.39, 0.29) is 34.9 Å². The first-order valence-electron chi connectivity index (χ1n) is 10.3. The van der Waals surface area contributed by atoms with Crippen LogP contribution in [0.3, 0.4) is 0 Å². The summed E-state index contributed by atoms with van der Waals surface area (Å²) in [6.45, 7) is 9.99. The molecule has 2 N–H and O–H groups in total. The topological polar surface area (TPSA) is 58.1 Å². The first kappa shape index (κ1) is 24.9. The van der Waals surface area contributed by atoms with Crippen LogP contribution in [0, 0.1) is 5.41 Å². The quantitative estimate of drug-likeness (QED) is 0.308. The largest absolute Gasteiger partial charge is 0.381 e. The van der Waals surface area contributed by atoms with Gasteiger partial charge in [-0.2, -0.15) is 0 Å². The predicted molar refractivity (Wildman–Crippen MR) is 123 cm³/mol. The molecule has 2 atom stereocenters. The molecule has 6 nitrogen and oxygen atoms in total. The van der Waals surface area contributed by atoms with Crippen LogP contribution in [0.2, 0.25) is 0 Å². The maximum Gasteiger partial charge on any atom is 0.191 e. The fourth-order valence-corrected chi connectivity index (χ4v) is 4.72. The zero-order valence-electron chi connectivity index (χ0n) is 18.1. The predicted octanol–water partition coefficient (Wildman–Crippen LogP) is 2.86. The number of halogens is 1. The van der Waals surface area contributed by atoms with Crippen molar-refractivity contribution < 1.29 is 9.47 Å². The van der Waals surface area contributed by atoms with Crippen molar-refractivity contribution in [2.24, 2.45) is 10.4 Å². The first-order valence-corrected chi connectivity index (χ1v) is 10.3. The molecule has 0 aromatic carbocycles. The Bertz CT molecular complexity index is 463. The second kappa shape index (κ2) is 11.2. The van der Waals surface area contributed by atoms with Crippen molar-refractivity contribution in [1.82, 2.24) is 15.5 Å². The van der Waals surface area contributed by atoms with Gasteiger partial charge in [0.2, 0.25) is 0 Å². The smallest absolute Gasteiger partial charge is 0.191 e. The van der Waals surface area contributed by atoms with E-state index in [2.05, 4.69) is 55.4 Å². The SMILES string of the molecule is CCOC1CC(NC(=NC)NCC2(N(C)C)CCOCC2)C1(CC)CC.I. The lowest BCUT2D eigenvalue weighted by atomic mass is 9.58. The van der Waals surface area contributed by atoms with Crippen LogP contribution in [0.5, 0.6) is 0 Å². The minimum atomic E-state index is 0. The Labute approximate surface area is 183 Å². The molecule has 0 aromatic heterocycles. The van der Waals surface area contributed by atoms with Crippen molar-refractivity contribution in [3.8, 4) is 0 Å². The summed E-state index contributed by atoms with van der Waals surface area (Å²) in [6.07, 6.45) is 5.77. The highest BCUT2D eigenvalue weighted by Crippen LogP contribution is 2.48. The van der Waals surface area contributed by atoms with E-state index in [0.29, 0.717) is 12.1 Å². The van der Waals surface area contributed by atoms with Crippen molar-refractivity contribution in [2.75, 3.05) is 47.5 Å². The summed E-state index contributed by atoms with van der Waals surface area (Å²) in [4.78, 5) is 6.83. The molecule has 160 valence electrons. The average molecular weight is 496 g/mol. The Kier molecular flexibility index (Phi) is 10.3.